The Kier molecular flexibility index (Phi) is 8.48. The largest absolute Gasteiger partial charge is 0.494 e. The van der Waals surface area contributed by atoms with Gasteiger partial charge in [-0.1, -0.05) is 70.5 Å². The fraction of sp³-hybridized carbons (Fsp3) is 0.310. The summed E-state index contributed by atoms with van der Waals surface area (Å²) in [5.41, 5.74) is 9.50. The van der Waals surface area contributed by atoms with Crippen molar-refractivity contribution in [3.8, 4) is 28.3 Å². The standard InChI is InChI=1S/C42H39BrFN5O4/c1-24-39(37-15-26-13-14-28(43)17-36(26)48(37)19-25-11-12-25)46-49-20-27(16-38(52-2)40(24)49)41(50)47-21-29(44)18-30(22-47)45-42(51)53-23-35-33-9-5-3-7-31(33)32-8-4-6-10-34(32)35/h3-10,13-17,20,25,29-30,35H,11-12,18-19,21-23H2,1-2H3,(H,45,51)/t29-,30-/m1/s1. The van der Waals surface area contributed by atoms with Gasteiger partial charge in [0.05, 0.1) is 31.0 Å². The average Bonchev–Trinajstić information content (AvgIpc) is 3.73. The molecule has 0 unspecified atom stereocenters. The maximum absolute atomic E-state index is 15.2. The van der Waals surface area contributed by atoms with Gasteiger partial charge in [-0.15, -0.1) is 0 Å². The maximum atomic E-state index is 15.2. The van der Waals surface area contributed by atoms with E-state index < -0.39 is 18.3 Å². The smallest absolute Gasteiger partial charge is 0.407 e. The number of methoxy groups -OCH3 is 1. The molecule has 9 rings (SSSR count). The second kappa shape index (κ2) is 13.4. The number of pyridine rings is 1. The number of rotatable bonds is 8. The van der Waals surface area contributed by atoms with Crippen molar-refractivity contribution in [2.24, 2.45) is 5.92 Å². The molecule has 0 radical (unpaired) electrons. The van der Waals surface area contributed by atoms with Crippen LogP contribution in [0.2, 0.25) is 0 Å². The normalized spacial score (nSPS) is 18.3. The minimum atomic E-state index is -1.32. The molecule has 6 aromatic rings. The Morgan fingerprint density at radius 3 is 2.43 bits per heavy atom. The number of halogens is 2. The maximum Gasteiger partial charge on any atom is 0.407 e. The topological polar surface area (TPSA) is 90.1 Å². The number of alkyl halides is 1. The zero-order chi connectivity index (χ0) is 36.4. The predicted molar refractivity (Wildman–Crippen MR) is 205 cm³/mol. The summed E-state index contributed by atoms with van der Waals surface area (Å²) in [5.74, 6) is 0.688. The summed E-state index contributed by atoms with van der Waals surface area (Å²) in [6.45, 7) is 3.15. The molecule has 3 aliphatic rings. The number of aromatic nitrogens is 3. The number of piperidine rings is 1. The lowest BCUT2D eigenvalue weighted by atomic mass is 9.98. The molecular formula is C42H39BrFN5O4. The molecule has 4 heterocycles. The second-order valence-electron chi connectivity index (χ2n) is 14.6. The molecule has 2 atom stereocenters. The molecule has 9 nitrogen and oxygen atoms in total. The first-order valence-electron chi connectivity index (χ1n) is 18.2. The van der Waals surface area contributed by atoms with E-state index in [9.17, 15) is 9.59 Å². The van der Waals surface area contributed by atoms with Crippen LogP contribution in [0.1, 0.15) is 52.2 Å². The first-order chi connectivity index (χ1) is 25.7. The monoisotopic (exact) mass is 775 g/mol. The molecule has 2 amide bonds. The summed E-state index contributed by atoms with van der Waals surface area (Å²) in [4.78, 5) is 28.6. The molecule has 3 aromatic carbocycles. The van der Waals surface area contributed by atoms with Crippen molar-refractivity contribution in [3.05, 3.63) is 112 Å². The molecule has 2 aliphatic carbocycles. The number of hydrogen-bond acceptors (Lipinski definition) is 5. The van der Waals surface area contributed by atoms with Crippen LogP contribution in [0, 0.1) is 12.8 Å². The van der Waals surface area contributed by atoms with Crippen LogP contribution >= 0.6 is 15.9 Å². The summed E-state index contributed by atoms with van der Waals surface area (Å²) in [5, 5.41) is 8.99. The number of hydrogen-bond donors (Lipinski definition) is 1. The zero-order valence-corrected chi connectivity index (χ0v) is 31.1. The van der Waals surface area contributed by atoms with Gasteiger partial charge in [0.1, 0.15) is 29.7 Å². The Hall–Kier alpha value is -5.16. The second-order valence-corrected chi connectivity index (χ2v) is 15.5. The molecule has 270 valence electrons. The van der Waals surface area contributed by atoms with Crippen LogP contribution in [0.15, 0.2) is 89.5 Å². The van der Waals surface area contributed by atoms with E-state index in [0.717, 1.165) is 66.6 Å². The van der Waals surface area contributed by atoms with Gasteiger partial charge in [0, 0.05) is 52.6 Å². The number of fused-ring (bicyclic) bond motifs is 5. The number of nitrogens with one attached hydrogen (secondary N) is 1. The Morgan fingerprint density at radius 1 is 0.981 bits per heavy atom. The lowest BCUT2D eigenvalue weighted by molar-refractivity contribution is 0.0565. The average molecular weight is 777 g/mol. The van der Waals surface area contributed by atoms with Crippen LogP contribution in [0.5, 0.6) is 5.75 Å². The molecular weight excluding hydrogens is 737 g/mol. The molecule has 1 aliphatic heterocycles. The highest BCUT2D eigenvalue weighted by molar-refractivity contribution is 9.10. The summed E-state index contributed by atoms with van der Waals surface area (Å²) in [6.07, 6.45) is 2.26. The minimum Gasteiger partial charge on any atom is -0.494 e. The van der Waals surface area contributed by atoms with Gasteiger partial charge in [-0.3, -0.25) is 4.79 Å². The van der Waals surface area contributed by atoms with Crippen molar-refractivity contribution in [2.75, 3.05) is 26.8 Å². The molecule has 1 saturated heterocycles. The number of amides is 2. The van der Waals surface area contributed by atoms with Gasteiger partial charge in [0.2, 0.25) is 0 Å². The van der Waals surface area contributed by atoms with Crippen LogP contribution in [-0.4, -0.2) is 70.1 Å². The van der Waals surface area contributed by atoms with E-state index in [-0.39, 0.29) is 37.9 Å². The Bertz CT molecular complexity index is 2370. The number of aryl methyl sites for hydroxylation is 1. The van der Waals surface area contributed by atoms with E-state index in [1.54, 1.807) is 23.9 Å². The lowest BCUT2D eigenvalue weighted by Gasteiger charge is -2.35. The van der Waals surface area contributed by atoms with E-state index >= 15 is 4.39 Å². The number of ether oxygens (including phenoxy) is 2. The molecule has 3 aromatic heterocycles. The fourth-order valence-electron chi connectivity index (χ4n) is 8.28. The van der Waals surface area contributed by atoms with E-state index in [1.165, 1.54) is 17.7 Å². The third-order valence-corrected chi connectivity index (χ3v) is 11.5. The van der Waals surface area contributed by atoms with Crippen molar-refractivity contribution in [1.29, 1.82) is 0 Å². The molecule has 53 heavy (non-hydrogen) atoms. The Balaban J connectivity index is 0.939. The van der Waals surface area contributed by atoms with Crippen molar-refractivity contribution < 1.29 is 23.5 Å². The summed E-state index contributed by atoms with van der Waals surface area (Å²) < 4.78 is 31.9. The van der Waals surface area contributed by atoms with Crippen LogP contribution < -0.4 is 10.1 Å². The van der Waals surface area contributed by atoms with Gasteiger partial charge < -0.3 is 24.3 Å². The SMILES string of the molecule is COc1cc(C(=O)N2C[C@H](F)C[C@@H](NC(=O)OCC3c4ccccc4-c4ccccc43)C2)cn2nc(-c3cc4ccc(Br)cc4n3CC3CC3)c(C)c12. The number of alkyl carbamates (subject to hydrolysis) is 1. The Labute approximate surface area is 314 Å². The highest BCUT2D eigenvalue weighted by Crippen LogP contribution is 2.45. The summed E-state index contributed by atoms with van der Waals surface area (Å²) in [7, 11) is 1.57. The third-order valence-electron chi connectivity index (χ3n) is 11.0. The van der Waals surface area contributed by atoms with Gasteiger partial charge in [-0.25, -0.2) is 13.7 Å². The molecule has 1 N–H and O–H groups in total. The van der Waals surface area contributed by atoms with Crippen molar-refractivity contribution in [1.82, 2.24) is 24.4 Å². The van der Waals surface area contributed by atoms with Gasteiger partial charge >= 0.3 is 6.09 Å². The minimum absolute atomic E-state index is 0.0811. The molecule has 2 fully saturated rings. The van der Waals surface area contributed by atoms with Crippen molar-refractivity contribution in [2.45, 2.75) is 50.9 Å². The van der Waals surface area contributed by atoms with Crippen molar-refractivity contribution in [3.63, 3.8) is 0 Å². The fourth-order valence-corrected chi connectivity index (χ4v) is 8.63. The summed E-state index contributed by atoms with van der Waals surface area (Å²) >= 11 is 3.64. The molecule has 0 spiro atoms. The first kappa shape index (κ1) is 33.7. The van der Waals surface area contributed by atoms with Gasteiger partial charge in [0.15, 0.2) is 0 Å². The Morgan fingerprint density at radius 2 is 1.72 bits per heavy atom. The van der Waals surface area contributed by atoms with Gasteiger partial charge in [0.25, 0.3) is 5.91 Å². The zero-order valence-electron chi connectivity index (χ0n) is 29.5. The van der Waals surface area contributed by atoms with Crippen molar-refractivity contribution >= 4 is 44.3 Å². The number of carbonyl (C=O) groups is 2. The summed E-state index contributed by atoms with van der Waals surface area (Å²) in [6, 6.07) is 25.8. The predicted octanol–water partition coefficient (Wildman–Crippen LogP) is 8.54. The van der Waals surface area contributed by atoms with Crippen LogP contribution in [0.4, 0.5) is 9.18 Å². The number of carbonyl (C=O) groups excluding carboxylic acids is 2. The molecule has 0 bridgehead atoms. The van der Waals surface area contributed by atoms with Gasteiger partial charge in [-0.2, -0.15) is 5.10 Å². The lowest BCUT2D eigenvalue weighted by Crippen LogP contribution is -2.53. The number of benzene rings is 3. The van der Waals surface area contributed by atoms with Crippen LogP contribution in [0.3, 0.4) is 0 Å². The van der Waals surface area contributed by atoms with E-state index in [2.05, 4.69) is 68.3 Å². The van der Waals surface area contributed by atoms with E-state index in [4.69, 9.17) is 14.6 Å². The molecule has 11 heteroatoms. The number of nitrogens with zero attached hydrogens (tertiary/aromatic N) is 4. The van der Waals surface area contributed by atoms with Crippen LogP contribution in [0.25, 0.3) is 38.9 Å². The van der Waals surface area contributed by atoms with E-state index in [0.29, 0.717) is 17.2 Å². The highest BCUT2D eigenvalue weighted by Gasteiger charge is 2.34. The first-order valence-corrected chi connectivity index (χ1v) is 19.0. The molecule has 1 saturated carbocycles. The highest BCUT2D eigenvalue weighted by atomic mass is 79.9. The van der Waals surface area contributed by atoms with Gasteiger partial charge in [-0.05, 0) is 72.2 Å². The number of likely N-dealkylation sites (tertiary alicyclic amines) is 1. The van der Waals surface area contributed by atoms with Crippen LogP contribution in [-0.2, 0) is 11.3 Å². The van der Waals surface area contributed by atoms with E-state index in [1.807, 2.05) is 37.3 Å². The quantitative estimate of drug-likeness (QED) is 0.168. The third kappa shape index (κ3) is 6.14.